The molecule has 1 fully saturated rings. The zero-order valence-electron chi connectivity index (χ0n) is 14.0. The van der Waals surface area contributed by atoms with Crippen LogP contribution in [0, 0.1) is 12.3 Å². The van der Waals surface area contributed by atoms with E-state index >= 15 is 0 Å². The average molecular weight is 318 g/mol. The molecule has 2 aromatic heterocycles. The molecule has 3 heterocycles. The second-order valence-corrected chi connectivity index (χ2v) is 6.50. The van der Waals surface area contributed by atoms with Gasteiger partial charge in [0.25, 0.3) is 5.91 Å². The molecular weight excluding hydrogens is 296 g/mol. The summed E-state index contributed by atoms with van der Waals surface area (Å²) in [6, 6.07) is 1.83. The molecule has 124 valence electrons. The summed E-state index contributed by atoms with van der Waals surface area (Å²) in [5.74, 6) is 0.588. The second kappa shape index (κ2) is 5.77. The maximum absolute atomic E-state index is 12.6. The maximum Gasteiger partial charge on any atom is 0.276 e. The van der Waals surface area contributed by atoms with Gasteiger partial charge in [-0.3, -0.25) is 9.48 Å². The fourth-order valence-electron chi connectivity index (χ4n) is 2.94. The lowest BCUT2D eigenvalue weighted by molar-refractivity contribution is -0.00138. The van der Waals surface area contributed by atoms with Gasteiger partial charge in [-0.2, -0.15) is 9.78 Å². The summed E-state index contributed by atoms with van der Waals surface area (Å²) in [5, 5.41) is 12.4. The molecule has 2 aromatic rings. The van der Waals surface area contributed by atoms with Crippen LogP contribution in [0.3, 0.4) is 0 Å². The Kier molecular flexibility index (Phi) is 3.93. The summed E-state index contributed by atoms with van der Waals surface area (Å²) in [7, 11) is 3.53. The first kappa shape index (κ1) is 15.7. The van der Waals surface area contributed by atoms with Crippen LogP contribution in [-0.4, -0.2) is 62.4 Å². The summed E-state index contributed by atoms with van der Waals surface area (Å²) in [6.45, 7) is 6.18. The predicted molar refractivity (Wildman–Crippen MR) is 83.4 cm³/mol. The minimum Gasteiger partial charge on any atom is -0.385 e. The Morgan fingerprint density at radius 1 is 1.43 bits per heavy atom. The first-order chi connectivity index (χ1) is 10.9. The van der Waals surface area contributed by atoms with Crippen molar-refractivity contribution in [2.75, 3.05) is 26.8 Å². The molecule has 1 saturated heterocycles. The lowest BCUT2D eigenvalue weighted by Crippen LogP contribution is -2.57. The maximum atomic E-state index is 12.6. The van der Waals surface area contributed by atoms with Gasteiger partial charge in [-0.05, 0) is 13.3 Å². The van der Waals surface area contributed by atoms with Crippen LogP contribution in [0.5, 0.6) is 0 Å². The number of hydrogen-bond donors (Lipinski definition) is 0. The number of carbonyl (C=O) groups excluding carboxylic acids is 1. The third kappa shape index (κ3) is 2.86. The highest BCUT2D eigenvalue weighted by Gasteiger charge is 2.42. The van der Waals surface area contributed by atoms with Gasteiger partial charge in [0.1, 0.15) is 0 Å². The molecule has 0 spiro atoms. The van der Waals surface area contributed by atoms with Crippen LogP contribution in [0.4, 0.5) is 0 Å². The number of amides is 1. The van der Waals surface area contributed by atoms with Gasteiger partial charge in [0.15, 0.2) is 11.5 Å². The second-order valence-electron chi connectivity index (χ2n) is 6.50. The van der Waals surface area contributed by atoms with Crippen molar-refractivity contribution in [1.82, 2.24) is 29.7 Å². The number of ether oxygens (including phenoxy) is 1. The van der Waals surface area contributed by atoms with Gasteiger partial charge >= 0.3 is 0 Å². The minimum absolute atomic E-state index is 0.0698. The highest BCUT2D eigenvalue weighted by molar-refractivity contribution is 5.94. The fraction of sp³-hybridized carbons (Fsp3) is 0.600. The van der Waals surface area contributed by atoms with E-state index in [9.17, 15) is 4.79 Å². The van der Waals surface area contributed by atoms with Gasteiger partial charge in [-0.1, -0.05) is 12.1 Å². The number of aryl methyl sites for hydroxylation is 1. The molecule has 0 aliphatic carbocycles. The van der Waals surface area contributed by atoms with Crippen molar-refractivity contribution in [1.29, 1.82) is 0 Å². The third-order valence-corrected chi connectivity index (χ3v) is 4.36. The molecule has 0 atom stereocenters. The first-order valence-electron chi connectivity index (χ1n) is 7.64. The lowest BCUT2D eigenvalue weighted by atomic mass is 9.79. The van der Waals surface area contributed by atoms with Gasteiger partial charge in [-0.25, -0.2) is 0 Å². The molecule has 0 saturated carbocycles. The van der Waals surface area contributed by atoms with Crippen molar-refractivity contribution < 1.29 is 9.53 Å². The number of aromatic nitrogens is 5. The molecule has 0 N–H and O–H groups in total. The Labute approximate surface area is 135 Å². The standard InChI is InChI=1S/C15H22N6O2/c1-11-13(16-18-21(11)12-5-7-19(3)17-12)14(22)20-9-15(2,10-20)6-8-23-4/h5,7H,6,8-10H2,1-4H3. The Hall–Kier alpha value is -2.22. The molecule has 0 radical (unpaired) electrons. The van der Waals surface area contributed by atoms with E-state index in [2.05, 4.69) is 22.3 Å². The van der Waals surface area contributed by atoms with Crippen LogP contribution in [-0.2, 0) is 11.8 Å². The molecule has 8 heteroatoms. The fourth-order valence-corrected chi connectivity index (χ4v) is 2.94. The van der Waals surface area contributed by atoms with Gasteiger partial charge in [0, 0.05) is 51.5 Å². The molecule has 1 aliphatic rings. The Balaban J connectivity index is 1.71. The number of carbonyl (C=O) groups is 1. The van der Waals surface area contributed by atoms with Crippen molar-refractivity contribution >= 4 is 5.91 Å². The largest absolute Gasteiger partial charge is 0.385 e. The van der Waals surface area contributed by atoms with E-state index in [0.717, 1.165) is 19.5 Å². The number of likely N-dealkylation sites (tertiary alicyclic amines) is 1. The predicted octanol–water partition coefficient (Wildman–Crippen LogP) is 0.808. The monoisotopic (exact) mass is 318 g/mol. The summed E-state index contributed by atoms with van der Waals surface area (Å²) >= 11 is 0. The van der Waals surface area contributed by atoms with E-state index in [1.807, 2.05) is 31.1 Å². The SMILES string of the molecule is COCCC1(C)CN(C(=O)c2nnn(-c3ccn(C)n3)c2C)C1. The highest BCUT2D eigenvalue weighted by atomic mass is 16.5. The quantitative estimate of drug-likeness (QED) is 0.815. The molecule has 0 aromatic carbocycles. The van der Waals surface area contributed by atoms with Crippen LogP contribution < -0.4 is 0 Å². The van der Waals surface area contributed by atoms with Crippen molar-refractivity contribution in [3.8, 4) is 5.82 Å². The molecule has 0 bridgehead atoms. The number of hydrogen-bond acceptors (Lipinski definition) is 5. The Morgan fingerprint density at radius 3 is 2.78 bits per heavy atom. The molecule has 1 aliphatic heterocycles. The highest BCUT2D eigenvalue weighted by Crippen LogP contribution is 2.34. The van der Waals surface area contributed by atoms with Crippen molar-refractivity contribution in [2.45, 2.75) is 20.3 Å². The van der Waals surface area contributed by atoms with E-state index in [4.69, 9.17) is 4.74 Å². The van der Waals surface area contributed by atoms with Crippen LogP contribution in [0.15, 0.2) is 12.3 Å². The molecule has 23 heavy (non-hydrogen) atoms. The zero-order chi connectivity index (χ0) is 16.6. The summed E-state index contributed by atoms with van der Waals surface area (Å²) < 4.78 is 8.41. The van der Waals surface area contributed by atoms with E-state index < -0.39 is 0 Å². The summed E-state index contributed by atoms with van der Waals surface area (Å²) in [4.78, 5) is 14.4. The minimum atomic E-state index is -0.0698. The zero-order valence-corrected chi connectivity index (χ0v) is 14.0. The molecule has 8 nitrogen and oxygen atoms in total. The lowest BCUT2D eigenvalue weighted by Gasteiger charge is -2.47. The van der Waals surface area contributed by atoms with Crippen molar-refractivity contribution in [3.05, 3.63) is 23.7 Å². The van der Waals surface area contributed by atoms with Crippen molar-refractivity contribution in [2.24, 2.45) is 12.5 Å². The van der Waals surface area contributed by atoms with E-state index in [1.165, 1.54) is 0 Å². The Morgan fingerprint density at radius 2 is 2.17 bits per heavy atom. The molecule has 3 rings (SSSR count). The van der Waals surface area contributed by atoms with Gasteiger partial charge < -0.3 is 9.64 Å². The number of methoxy groups -OCH3 is 1. The number of rotatable bonds is 5. The smallest absolute Gasteiger partial charge is 0.276 e. The average Bonchev–Trinajstić information content (AvgIpc) is 3.07. The topological polar surface area (TPSA) is 78.1 Å². The third-order valence-electron chi connectivity index (χ3n) is 4.36. The molecular formula is C15H22N6O2. The van der Waals surface area contributed by atoms with Crippen LogP contribution >= 0.6 is 0 Å². The van der Waals surface area contributed by atoms with Crippen LogP contribution in [0.2, 0.25) is 0 Å². The van der Waals surface area contributed by atoms with Gasteiger partial charge in [0.2, 0.25) is 0 Å². The van der Waals surface area contributed by atoms with Gasteiger partial charge in [-0.15, -0.1) is 5.10 Å². The molecule has 0 unspecified atom stereocenters. The summed E-state index contributed by atoms with van der Waals surface area (Å²) in [5.41, 5.74) is 1.24. The summed E-state index contributed by atoms with van der Waals surface area (Å²) in [6.07, 6.45) is 2.78. The van der Waals surface area contributed by atoms with Crippen LogP contribution in [0.25, 0.3) is 5.82 Å². The first-order valence-corrected chi connectivity index (χ1v) is 7.64. The van der Waals surface area contributed by atoms with E-state index in [0.29, 0.717) is 23.8 Å². The molecule has 1 amide bonds. The van der Waals surface area contributed by atoms with E-state index in [-0.39, 0.29) is 11.3 Å². The van der Waals surface area contributed by atoms with E-state index in [1.54, 1.807) is 16.5 Å². The normalized spacial score (nSPS) is 16.4. The number of nitrogens with zero attached hydrogens (tertiary/aromatic N) is 6. The van der Waals surface area contributed by atoms with Crippen LogP contribution in [0.1, 0.15) is 29.5 Å². The van der Waals surface area contributed by atoms with Crippen molar-refractivity contribution in [3.63, 3.8) is 0 Å². The Bertz CT molecular complexity index is 713. The van der Waals surface area contributed by atoms with Gasteiger partial charge in [0.05, 0.1) is 5.69 Å².